The average Bonchev–Trinajstić information content (AvgIpc) is 2.71. The van der Waals surface area contributed by atoms with Gasteiger partial charge in [0, 0.05) is 0 Å². The zero-order chi connectivity index (χ0) is 17.3. The third-order valence-corrected chi connectivity index (χ3v) is 3.29. The van der Waals surface area contributed by atoms with Gasteiger partial charge in [0.2, 0.25) is 0 Å². The number of ether oxygens (including phenoxy) is 2. The molecule has 23 heavy (non-hydrogen) atoms. The largest absolute Gasteiger partial charge is 0.444 e. The van der Waals surface area contributed by atoms with Crippen LogP contribution in [0.2, 0.25) is 0 Å². The predicted molar refractivity (Wildman–Crippen MR) is 87.4 cm³/mol. The van der Waals surface area contributed by atoms with Gasteiger partial charge in [-0.15, -0.1) is 0 Å². The molecule has 7 nitrogen and oxygen atoms in total. The summed E-state index contributed by atoms with van der Waals surface area (Å²) in [4.78, 5) is 22.2. The summed E-state index contributed by atoms with van der Waals surface area (Å²) in [6.45, 7) is 9.59. The van der Waals surface area contributed by atoms with E-state index in [9.17, 15) is 4.79 Å². The van der Waals surface area contributed by atoms with E-state index in [4.69, 9.17) is 15.2 Å². The molecule has 1 atom stereocenters. The zero-order valence-corrected chi connectivity index (χ0v) is 14.2. The highest BCUT2D eigenvalue weighted by molar-refractivity contribution is 5.70. The number of nitrogens with two attached hydrogens (primary N) is 1. The van der Waals surface area contributed by atoms with E-state index in [1.807, 2.05) is 40.7 Å². The summed E-state index contributed by atoms with van der Waals surface area (Å²) in [6, 6.07) is -0.237. The number of carbonyl (C=O) groups excluding carboxylic acids is 1. The highest BCUT2D eigenvalue weighted by Gasteiger charge is 2.44. The van der Waals surface area contributed by atoms with E-state index in [1.165, 1.54) is 6.20 Å². The number of rotatable bonds is 2. The van der Waals surface area contributed by atoms with Gasteiger partial charge in [0.1, 0.15) is 17.1 Å². The van der Waals surface area contributed by atoms with Crippen LogP contribution in [0.4, 0.5) is 10.6 Å². The quantitative estimate of drug-likeness (QED) is 0.900. The molecule has 1 aromatic rings. The van der Waals surface area contributed by atoms with Crippen molar-refractivity contribution < 1.29 is 14.3 Å². The number of aromatic nitrogens is 2. The van der Waals surface area contributed by atoms with Crippen molar-refractivity contribution >= 4 is 18.0 Å². The van der Waals surface area contributed by atoms with Crippen molar-refractivity contribution in [2.24, 2.45) is 0 Å². The van der Waals surface area contributed by atoms with E-state index in [-0.39, 0.29) is 6.04 Å². The van der Waals surface area contributed by atoms with Crippen molar-refractivity contribution in [3.8, 4) is 0 Å². The van der Waals surface area contributed by atoms with Gasteiger partial charge in [-0.2, -0.15) is 0 Å². The molecule has 1 fully saturated rings. The molecular formula is C16H24N4O3. The first-order chi connectivity index (χ1) is 10.6. The average molecular weight is 320 g/mol. The van der Waals surface area contributed by atoms with Crippen LogP contribution < -0.4 is 5.73 Å². The molecule has 0 aliphatic carbocycles. The molecule has 1 amide bonds. The lowest BCUT2D eigenvalue weighted by molar-refractivity contribution is -0.0610. The molecule has 0 bridgehead atoms. The summed E-state index contributed by atoms with van der Waals surface area (Å²) in [5, 5.41) is 0. The van der Waals surface area contributed by atoms with Crippen molar-refractivity contribution in [1.29, 1.82) is 0 Å². The number of hydrogen-bond donors (Lipinski definition) is 1. The van der Waals surface area contributed by atoms with Crippen LogP contribution in [0.5, 0.6) is 0 Å². The van der Waals surface area contributed by atoms with E-state index < -0.39 is 17.4 Å². The Morgan fingerprint density at radius 2 is 2.13 bits per heavy atom. The molecule has 0 radical (unpaired) electrons. The second-order valence-corrected chi connectivity index (χ2v) is 6.90. The van der Waals surface area contributed by atoms with Gasteiger partial charge < -0.3 is 15.2 Å². The van der Waals surface area contributed by atoms with Crippen LogP contribution in [0.15, 0.2) is 18.5 Å². The Kier molecular flexibility index (Phi) is 4.61. The molecule has 2 heterocycles. The molecule has 7 heteroatoms. The van der Waals surface area contributed by atoms with Gasteiger partial charge in [-0.05, 0) is 40.7 Å². The van der Waals surface area contributed by atoms with E-state index >= 15 is 0 Å². The number of nitrogen functional groups attached to an aromatic ring is 1. The van der Waals surface area contributed by atoms with Gasteiger partial charge in [-0.25, -0.2) is 9.78 Å². The first kappa shape index (κ1) is 17.2. The fraction of sp³-hybridized carbons (Fsp3) is 0.562. The van der Waals surface area contributed by atoms with Gasteiger partial charge in [0.15, 0.2) is 0 Å². The minimum absolute atomic E-state index is 0.237. The lowest BCUT2D eigenvalue weighted by atomic mass is 10.2. The highest BCUT2D eigenvalue weighted by Crippen LogP contribution is 2.30. The van der Waals surface area contributed by atoms with Crippen molar-refractivity contribution in [3.63, 3.8) is 0 Å². The molecule has 0 spiro atoms. The minimum atomic E-state index is -0.732. The number of carbonyl (C=O) groups is 1. The van der Waals surface area contributed by atoms with Crippen LogP contribution in [-0.2, 0) is 9.47 Å². The summed E-state index contributed by atoms with van der Waals surface area (Å²) < 4.78 is 11.2. The third-order valence-electron chi connectivity index (χ3n) is 3.29. The fourth-order valence-electron chi connectivity index (χ4n) is 2.28. The molecular weight excluding hydrogens is 296 g/mol. The Hall–Kier alpha value is -2.15. The summed E-state index contributed by atoms with van der Waals surface area (Å²) in [5.74, 6) is 0.364. The molecule has 2 N–H and O–H groups in total. The summed E-state index contributed by atoms with van der Waals surface area (Å²) in [5.41, 5.74) is 4.88. The number of hydrogen-bond acceptors (Lipinski definition) is 6. The third kappa shape index (κ3) is 4.41. The summed E-state index contributed by atoms with van der Waals surface area (Å²) in [7, 11) is 0. The van der Waals surface area contributed by atoms with Crippen LogP contribution in [0, 0.1) is 0 Å². The van der Waals surface area contributed by atoms with Crippen LogP contribution in [0.25, 0.3) is 6.08 Å². The zero-order valence-electron chi connectivity index (χ0n) is 14.2. The van der Waals surface area contributed by atoms with Gasteiger partial charge >= 0.3 is 6.09 Å². The molecule has 1 aliphatic rings. The maximum atomic E-state index is 12.5. The minimum Gasteiger partial charge on any atom is -0.444 e. The maximum Gasteiger partial charge on any atom is 0.413 e. The fourth-order valence-corrected chi connectivity index (χ4v) is 2.28. The van der Waals surface area contributed by atoms with Gasteiger partial charge in [-0.1, -0.05) is 6.08 Å². The summed E-state index contributed by atoms with van der Waals surface area (Å²) in [6.07, 6.45) is 6.31. The smallest absolute Gasteiger partial charge is 0.413 e. The van der Waals surface area contributed by atoms with E-state index in [2.05, 4.69) is 9.97 Å². The SMILES string of the molecule is CC(C)(C)OC(=O)N1[C@@H](/C=C/c2cnc(N)cn2)COC1(C)C. The second kappa shape index (κ2) is 6.16. The van der Waals surface area contributed by atoms with Crippen LogP contribution in [0.1, 0.15) is 40.3 Å². The maximum absolute atomic E-state index is 12.5. The molecule has 1 aromatic heterocycles. The molecule has 1 aliphatic heterocycles. The number of amides is 1. The lowest BCUT2D eigenvalue weighted by Crippen LogP contribution is -2.49. The van der Waals surface area contributed by atoms with Crippen molar-refractivity contribution in [3.05, 3.63) is 24.2 Å². The molecule has 126 valence electrons. The van der Waals surface area contributed by atoms with Crippen LogP contribution in [-0.4, -0.2) is 44.9 Å². The first-order valence-electron chi connectivity index (χ1n) is 7.50. The highest BCUT2D eigenvalue weighted by atomic mass is 16.6. The van der Waals surface area contributed by atoms with Crippen molar-refractivity contribution in [2.75, 3.05) is 12.3 Å². The second-order valence-electron chi connectivity index (χ2n) is 6.90. The molecule has 0 unspecified atom stereocenters. The van der Waals surface area contributed by atoms with Gasteiger partial charge in [0.05, 0.1) is 30.7 Å². The van der Waals surface area contributed by atoms with Crippen LogP contribution in [0.3, 0.4) is 0 Å². The molecule has 1 saturated heterocycles. The molecule has 0 saturated carbocycles. The lowest BCUT2D eigenvalue weighted by Gasteiger charge is -2.34. The van der Waals surface area contributed by atoms with Crippen molar-refractivity contribution in [1.82, 2.24) is 14.9 Å². The van der Waals surface area contributed by atoms with Crippen molar-refractivity contribution in [2.45, 2.75) is 52.0 Å². The first-order valence-corrected chi connectivity index (χ1v) is 7.50. The van der Waals surface area contributed by atoms with Gasteiger partial charge in [0.25, 0.3) is 0 Å². The Bertz CT molecular complexity index is 590. The predicted octanol–water partition coefficient (Wildman–Crippen LogP) is 2.44. The topological polar surface area (TPSA) is 90.6 Å². The molecule has 0 aromatic carbocycles. The number of nitrogens with zero attached hydrogens (tertiary/aromatic N) is 3. The standard InChI is InChI=1S/C16H24N4O3/c1-15(2,3)23-14(21)20-12(10-22-16(20,4)5)7-6-11-8-19-13(17)9-18-11/h6-9,12H,10H2,1-5H3,(H2,17,19)/b7-6+/t12-/m0/s1. The molecule has 2 rings (SSSR count). The van der Waals surface area contributed by atoms with Crippen LogP contribution >= 0.6 is 0 Å². The Balaban J connectivity index is 2.16. The Labute approximate surface area is 136 Å². The van der Waals surface area contributed by atoms with E-state index in [0.29, 0.717) is 18.1 Å². The Morgan fingerprint density at radius 3 is 2.70 bits per heavy atom. The van der Waals surface area contributed by atoms with E-state index in [1.54, 1.807) is 17.2 Å². The number of anilines is 1. The summed E-state index contributed by atoms with van der Waals surface area (Å²) >= 11 is 0. The monoisotopic (exact) mass is 320 g/mol. The van der Waals surface area contributed by atoms with Gasteiger partial charge in [-0.3, -0.25) is 9.88 Å². The normalized spacial score (nSPS) is 20.9. The van der Waals surface area contributed by atoms with E-state index in [0.717, 1.165) is 0 Å². The Morgan fingerprint density at radius 1 is 1.43 bits per heavy atom.